The first-order chi connectivity index (χ1) is 9.68. The van der Waals surface area contributed by atoms with Crippen LogP contribution in [0.15, 0.2) is 0 Å². The fraction of sp³-hybridized carbons (Fsp3) is 0.727. The van der Waals surface area contributed by atoms with Crippen LogP contribution in [0.5, 0.6) is 0 Å². The monoisotopic (exact) mass is 321 g/mol. The topological polar surface area (TPSA) is 162 Å². The number of carbonyl (C=O) groups is 3. The lowest BCUT2D eigenvalue weighted by atomic mass is 10.2. The molecule has 0 aliphatic rings. The molecule has 0 aromatic heterocycles. The van der Waals surface area contributed by atoms with Gasteiger partial charge >= 0.3 is 7.80 Å². The van der Waals surface area contributed by atoms with Gasteiger partial charge in [-0.3, -0.25) is 9.59 Å². The molecular weight excluding hydrogens is 301 g/mol. The molecule has 2 amide bonds. The van der Waals surface area contributed by atoms with E-state index in [-0.39, 0.29) is 12.6 Å². The number of carboxylic acid groups (broad SMARTS) is 1. The summed E-state index contributed by atoms with van der Waals surface area (Å²) >= 11 is 0. The molecule has 0 aromatic rings. The minimum absolute atomic E-state index is 0.0999. The van der Waals surface area contributed by atoms with Crippen molar-refractivity contribution in [2.75, 3.05) is 12.5 Å². The fourth-order valence-corrected chi connectivity index (χ4v) is 1.98. The molecular formula is C11H20N3O6P. The van der Waals surface area contributed by atoms with Crippen LogP contribution in [-0.2, 0) is 18.9 Å². The summed E-state index contributed by atoms with van der Waals surface area (Å²) in [6.07, 6.45) is -0.266. The molecule has 0 fully saturated rings. The fourth-order valence-electron chi connectivity index (χ4n) is 1.27. The Morgan fingerprint density at radius 1 is 1.19 bits per heavy atom. The average molecular weight is 321 g/mol. The lowest BCUT2D eigenvalue weighted by Crippen LogP contribution is -2.54. The van der Waals surface area contributed by atoms with E-state index in [1.54, 1.807) is 0 Å². The zero-order valence-electron chi connectivity index (χ0n) is 11.9. The van der Waals surface area contributed by atoms with Gasteiger partial charge < -0.3 is 31.4 Å². The number of aliphatic hydroxyl groups is 1. The van der Waals surface area contributed by atoms with Crippen LogP contribution in [0, 0.1) is 0 Å². The molecule has 2 unspecified atom stereocenters. The average Bonchev–Trinajstić information content (AvgIpc) is 2.43. The Bertz CT molecular complexity index is 417. The van der Waals surface area contributed by atoms with Crippen LogP contribution in [0.1, 0.15) is 20.3 Å². The zero-order chi connectivity index (χ0) is 16.6. The van der Waals surface area contributed by atoms with Gasteiger partial charge in [-0.05, 0) is 13.8 Å². The number of carboxylic acids is 1. The second-order valence-electron chi connectivity index (χ2n) is 4.52. The first kappa shape index (κ1) is 19.4. The van der Waals surface area contributed by atoms with Crippen LogP contribution < -0.4 is 21.5 Å². The summed E-state index contributed by atoms with van der Waals surface area (Å²) in [5.74, 6) is -2.75. The van der Waals surface area contributed by atoms with Gasteiger partial charge in [-0.15, -0.1) is 0 Å². The smallest absolute Gasteiger partial charge is 0.366 e. The highest BCUT2D eigenvalue weighted by Crippen LogP contribution is 2.19. The van der Waals surface area contributed by atoms with E-state index >= 15 is 0 Å². The van der Waals surface area contributed by atoms with E-state index in [1.165, 1.54) is 13.8 Å². The van der Waals surface area contributed by atoms with Gasteiger partial charge in [-0.25, -0.2) is 0 Å². The van der Waals surface area contributed by atoms with Gasteiger partial charge in [0.15, 0.2) is 6.16 Å². The third kappa shape index (κ3) is 7.69. The highest BCUT2D eigenvalue weighted by atomic mass is 31.1. The van der Waals surface area contributed by atoms with E-state index in [1.807, 2.05) is 0 Å². The molecule has 0 radical (unpaired) electrons. The summed E-state index contributed by atoms with van der Waals surface area (Å²) < 4.78 is 11.0. The SMILES string of the molecule is C[C@H](NC(=O)[C@H](C)NC(=O)C(N)CC[P+](=O)CO)C(=O)[O-]. The molecule has 10 heteroatoms. The summed E-state index contributed by atoms with van der Waals surface area (Å²) in [5, 5.41) is 23.6. The Balaban J connectivity index is 4.27. The quantitative estimate of drug-likeness (QED) is 0.334. The van der Waals surface area contributed by atoms with E-state index in [2.05, 4.69) is 10.6 Å². The van der Waals surface area contributed by atoms with Gasteiger partial charge in [0, 0.05) is 6.42 Å². The van der Waals surface area contributed by atoms with Crippen LogP contribution in [0.3, 0.4) is 0 Å². The molecule has 9 nitrogen and oxygen atoms in total. The number of nitrogens with two attached hydrogens (primary N) is 1. The van der Waals surface area contributed by atoms with Crippen molar-refractivity contribution in [1.29, 1.82) is 0 Å². The second kappa shape index (κ2) is 9.38. The number of carbonyl (C=O) groups excluding carboxylic acids is 3. The maximum atomic E-state index is 11.7. The predicted octanol–water partition coefficient (Wildman–Crippen LogP) is -2.76. The number of aliphatic carboxylic acids is 1. The van der Waals surface area contributed by atoms with E-state index in [4.69, 9.17) is 10.8 Å². The standard InChI is InChI=1S/C11H20N3O6P/c1-6(9(16)14-7(2)11(18)19)13-10(17)8(12)3-4-21(20)5-15/h6-8,15H,3-5,12H2,1-2H3,(H2-,13,14,16,17,18,19)/t6-,7-,8?/m0/s1. The number of aliphatic hydroxyl groups excluding tert-OH is 1. The molecule has 21 heavy (non-hydrogen) atoms. The van der Waals surface area contributed by atoms with Gasteiger partial charge in [0.2, 0.25) is 18.2 Å². The van der Waals surface area contributed by atoms with E-state index in [0.717, 1.165) is 0 Å². The number of hydrogen-bond donors (Lipinski definition) is 4. The van der Waals surface area contributed by atoms with Crippen molar-refractivity contribution in [1.82, 2.24) is 10.6 Å². The summed E-state index contributed by atoms with van der Waals surface area (Å²) in [5.41, 5.74) is 5.56. The van der Waals surface area contributed by atoms with Gasteiger partial charge in [0.05, 0.1) is 18.1 Å². The van der Waals surface area contributed by atoms with Gasteiger partial charge in [0.1, 0.15) is 6.04 Å². The number of amides is 2. The number of hydrogen-bond acceptors (Lipinski definition) is 7. The summed E-state index contributed by atoms with van der Waals surface area (Å²) in [7, 11) is -1.79. The third-order valence-corrected chi connectivity index (χ3v) is 3.72. The van der Waals surface area contributed by atoms with Crippen LogP contribution >= 0.6 is 7.80 Å². The van der Waals surface area contributed by atoms with Gasteiger partial charge in [0.25, 0.3) is 0 Å². The maximum Gasteiger partial charge on any atom is 0.366 e. The molecule has 0 aliphatic heterocycles. The zero-order valence-corrected chi connectivity index (χ0v) is 12.8. The summed E-state index contributed by atoms with van der Waals surface area (Å²) in [6, 6.07) is -3.12. The Morgan fingerprint density at radius 3 is 2.19 bits per heavy atom. The molecule has 0 spiro atoms. The molecule has 0 aliphatic carbocycles. The first-order valence-corrected chi connectivity index (χ1v) is 7.92. The van der Waals surface area contributed by atoms with E-state index < -0.39 is 50.1 Å². The lowest BCUT2D eigenvalue weighted by Gasteiger charge is -2.20. The van der Waals surface area contributed by atoms with Crippen LogP contribution in [0.2, 0.25) is 0 Å². The first-order valence-electron chi connectivity index (χ1n) is 6.29. The molecule has 0 rings (SSSR count). The Morgan fingerprint density at radius 2 is 1.71 bits per heavy atom. The molecule has 0 bridgehead atoms. The normalized spacial score (nSPS) is 15.5. The highest BCUT2D eigenvalue weighted by Gasteiger charge is 2.23. The van der Waals surface area contributed by atoms with Crippen molar-refractivity contribution in [3.8, 4) is 0 Å². The molecule has 0 saturated carbocycles. The van der Waals surface area contributed by atoms with Gasteiger partial charge in [-0.1, -0.05) is 4.57 Å². The highest BCUT2D eigenvalue weighted by molar-refractivity contribution is 7.44. The van der Waals surface area contributed by atoms with Gasteiger partial charge in [-0.2, -0.15) is 0 Å². The molecule has 120 valence electrons. The number of rotatable bonds is 9. The maximum absolute atomic E-state index is 11.7. The Hall–Kier alpha value is -1.57. The lowest BCUT2D eigenvalue weighted by molar-refractivity contribution is -0.307. The number of nitrogens with one attached hydrogen (secondary N) is 2. The van der Waals surface area contributed by atoms with Crippen LogP contribution in [0.25, 0.3) is 0 Å². The van der Waals surface area contributed by atoms with Crippen LogP contribution in [0.4, 0.5) is 0 Å². The van der Waals surface area contributed by atoms with Crippen molar-refractivity contribution in [3.63, 3.8) is 0 Å². The van der Waals surface area contributed by atoms with Crippen molar-refractivity contribution in [2.24, 2.45) is 5.73 Å². The Labute approximate surface area is 123 Å². The van der Waals surface area contributed by atoms with E-state index in [9.17, 15) is 24.1 Å². The van der Waals surface area contributed by atoms with Crippen LogP contribution in [-0.4, -0.2) is 53.5 Å². The van der Waals surface area contributed by atoms with Crippen molar-refractivity contribution < 1.29 is 29.2 Å². The molecule has 5 N–H and O–H groups in total. The molecule has 0 heterocycles. The third-order valence-electron chi connectivity index (χ3n) is 2.65. The van der Waals surface area contributed by atoms with Crippen molar-refractivity contribution in [3.05, 3.63) is 0 Å². The van der Waals surface area contributed by atoms with E-state index in [0.29, 0.717) is 0 Å². The predicted molar refractivity (Wildman–Crippen MR) is 72.4 cm³/mol. The summed E-state index contributed by atoms with van der Waals surface area (Å²) in [4.78, 5) is 33.8. The van der Waals surface area contributed by atoms with Crippen molar-refractivity contribution in [2.45, 2.75) is 38.4 Å². The minimum Gasteiger partial charge on any atom is -0.548 e. The largest absolute Gasteiger partial charge is 0.548 e. The van der Waals surface area contributed by atoms with Crippen molar-refractivity contribution >= 4 is 25.6 Å². The minimum atomic E-state index is -1.79. The molecule has 0 saturated heterocycles. The Kier molecular flexibility index (Phi) is 8.68. The molecule has 4 atom stereocenters. The second-order valence-corrected chi connectivity index (χ2v) is 6.22. The molecule has 0 aromatic carbocycles. The summed E-state index contributed by atoms with van der Waals surface area (Å²) in [6.45, 7) is 2.61.